The van der Waals surface area contributed by atoms with E-state index in [0.29, 0.717) is 18.7 Å². The average molecular weight is 436 g/mol. The van der Waals surface area contributed by atoms with E-state index in [4.69, 9.17) is 4.74 Å². The molecule has 0 aromatic heterocycles. The van der Waals surface area contributed by atoms with E-state index >= 15 is 0 Å². The highest BCUT2D eigenvalue weighted by atomic mass is 79.9. The monoisotopic (exact) mass is 435 g/mol. The normalized spacial score (nSPS) is 10.6. The van der Waals surface area contributed by atoms with Crippen LogP contribution in [0.4, 0.5) is 0 Å². The number of rotatable bonds is 10. The van der Waals surface area contributed by atoms with Gasteiger partial charge in [-0.2, -0.15) is 0 Å². The van der Waals surface area contributed by atoms with Crippen LogP contribution >= 0.6 is 27.7 Å². The Kier molecular flexibility index (Phi) is 9.06. The predicted molar refractivity (Wildman–Crippen MR) is 113 cm³/mol. The van der Waals surface area contributed by atoms with E-state index in [9.17, 15) is 4.79 Å². The third-order valence-corrected chi connectivity index (χ3v) is 5.42. The van der Waals surface area contributed by atoms with Crippen molar-refractivity contribution in [3.05, 3.63) is 58.1 Å². The van der Waals surface area contributed by atoms with Crippen LogP contribution in [0.5, 0.6) is 5.75 Å². The van der Waals surface area contributed by atoms with Gasteiger partial charge in [-0.15, -0.1) is 11.8 Å². The summed E-state index contributed by atoms with van der Waals surface area (Å²) < 4.78 is 6.60. The Morgan fingerprint density at radius 3 is 2.54 bits per heavy atom. The first-order chi connectivity index (χ1) is 12.6. The third-order valence-electron chi connectivity index (χ3n) is 4.06. The first-order valence-electron chi connectivity index (χ1n) is 8.97. The molecule has 2 rings (SSSR count). The molecule has 0 atom stereocenters. The second kappa shape index (κ2) is 11.3. The molecule has 0 saturated heterocycles. The van der Waals surface area contributed by atoms with Crippen LogP contribution in [0.3, 0.4) is 0 Å². The molecule has 2 aromatic carbocycles. The molecular formula is C21H26BrNO2S. The summed E-state index contributed by atoms with van der Waals surface area (Å²) in [6, 6.07) is 13.7. The Balaban J connectivity index is 1.85. The van der Waals surface area contributed by atoms with Gasteiger partial charge in [-0.1, -0.05) is 38.3 Å². The fraction of sp³-hybridized carbons (Fsp3) is 0.381. The Hall–Kier alpha value is -1.46. The molecule has 0 aliphatic carbocycles. The number of halogens is 1. The fourth-order valence-corrected chi connectivity index (χ4v) is 3.40. The Morgan fingerprint density at radius 1 is 1.12 bits per heavy atom. The van der Waals surface area contributed by atoms with E-state index in [-0.39, 0.29) is 5.91 Å². The zero-order valence-electron chi connectivity index (χ0n) is 15.4. The number of hydrogen-bond acceptors (Lipinski definition) is 3. The van der Waals surface area contributed by atoms with Gasteiger partial charge in [0.25, 0.3) is 5.91 Å². The van der Waals surface area contributed by atoms with Gasteiger partial charge in [0.2, 0.25) is 0 Å². The molecule has 0 heterocycles. The Morgan fingerprint density at radius 2 is 1.88 bits per heavy atom. The number of hydrogen-bond donors (Lipinski definition) is 1. The van der Waals surface area contributed by atoms with Crippen LogP contribution < -0.4 is 10.1 Å². The van der Waals surface area contributed by atoms with Gasteiger partial charge in [-0.25, -0.2) is 0 Å². The summed E-state index contributed by atoms with van der Waals surface area (Å²) in [6.45, 7) is 3.41. The van der Waals surface area contributed by atoms with Crippen molar-refractivity contribution < 1.29 is 9.53 Å². The highest BCUT2D eigenvalue weighted by Crippen LogP contribution is 2.26. The molecule has 0 aliphatic heterocycles. The second-order valence-electron chi connectivity index (χ2n) is 6.09. The number of ether oxygens (including phenoxy) is 1. The van der Waals surface area contributed by atoms with Gasteiger partial charge >= 0.3 is 0 Å². The van der Waals surface area contributed by atoms with Crippen molar-refractivity contribution in [1.29, 1.82) is 0 Å². The summed E-state index contributed by atoms with van der Waals surface area (Å²) in [5.41, 5.74) is 1.71. The maximum absolute atomic E-state index is 12.4. The van der Waals surface area contributed by atoms with Crippen LogP contribution in [0.2, 0.25) is 0 Å². The number of amides is 1. The molecule has 0 radical (unpaired) electrons. The van der Waals surface area contributed by atoms with E-state index < -0.39 is 0 Å². The topological polar surface area (TPSA) is 38.3 Å². The van der Waals surface area contributed by atoms with Gasteiger partial charge in [0.05, 0.1) is 11.1 Å². The smallest absolute Gasteiger partial charge is 0.251 e. The van der Waals surface area contributed by atoms with Crippen LogP contribution in [-0.2, 0) is 6.54 Å². The van der Waals surface area contributed by atoms with Gasteiger partial charge in [0, 0.05) is 17.0 Å². The van der Waals surface area contributed by atoms with Gasteiger partial charge in [-0.05, 0) is 64.5 Å². The van der Waals surface area contributed by atoms with E-state index in [1.807, 2.05) is 30.5 Å². The van der Waals surface area contributed by atoms with Crippen molar-refractivity contribution in [3.8, 4) is 5.75 Å². The van der Waals surface area contributed by atoms with Crippen LogP contribution in [0.1, 0.15) is 48.5 Å². The van der Waals surface area contributed by atoms with Crippen LogP contribution in [0.25, 0.3) is 0 Å². The minimum absolute atomic E-state index is 0.0888. The molecule has 0 saturated carbocycles. The molecule has 0 fully saturated rings. The van der Waals surface area contributed by atoms with Gasteiger partial charge in [0.1, 0.15) is 5.75 Å². The minimum atomic E-state index is -0.0888. The maximum atomic E-state index is 12.4. The number of benzene rings is 2. The molecule has 3 nitrogen and oxygen atoms in total. The summed E-state index contributed by atoms with van der Waals surface area (Å²) in [6.07, 6.45) is 6.75. The number of unbranched alkanes of at least 4 members (excludes halogenated alkanes) is 3. The summed E-state index contributed by atoms with van der Waals surface area (Å²) >= 11 is 5.21. The lowest BCUT2D eigenvalue weighted by Gasteiger charge is -2.10. The first kappa shape index (κ1) is 20.8. The van der Waals surface area contributed by atoms with Crippen molar-refractivity contribution in [2.45, 2.75) is 44.0 Å². The Bertz CT molecular complexity index is 704. The lowest BCUT2D eigenvalue weighted by molar-refractivity contribution is 0.0951. The molecular weight excluding hydrogens is 410 g/mol. The molecule has 0 bridgehead atoms. The molecule has 0 aliphatic rings. The lowest BCUT2D eigenvalue weighted by Crippen LogP contribution is -2.22. The highest BCUT2D eigenvalue weighted by molar-refractivity contribution is 9.10. The van der Waals surface area contributed by atoms with Gasteiger partial charge in [-0.3, -0.25) is 4.79 Å². The van der Waals surface area contributed by atoms with Crippen molar-refractivity contribution >= 4 is 33.6 Å². The average Bonchev–Trinajstić information content (AvgIpc) is 2.67. The van der Waals surface area contributed by atoms with Crippen molar-refractivity contribution in [1.82, 2.24) is 5.32 Å². The number of thioether (sulfide) groups is 1. The van der Waals surface area contributed by atoms with E-state index in [1.54, 1.807) is 17.8 Å². The van der Waals surface area contributed by atoms with Crippen molar-refractivity contribution in [3.63, 3.8) is 0 Å². The SMILES string of the molecule is CCCCCCOc1ccc(C(=O)NCc2ccc(SC)cc2)cc1Br. The third kappa shape index (κ3) is 6.69. The van der Waals surface area contributed by atoms with Crippen LogP contribution in [0, 0.1) is 0 Å². The Labute approximate surface area is 169 Å². The molecule has 1 amide bonds. The molecule has 5 heteroatoms. The lowest BCUT2D eigenvalue weighted by atomic mass is 10.2. The fourth-order valence-electron chi connectivity index (χ4n) is 2.50. The summed E-state index contributed by atoms with van der Waals surface area (Å²) in [4.78, 5) is 13.6. The zero-order chi connectivity index (χ0) is 18.8. The molecule has 2 aromatic rings. The van der Waals surface area contributed by atoms with Crippen LogP contribution in [0.15, 0.2) is 51.8 Å². The van der Waals surface area contributed by atoms with Crippen LogP contribution in [-0.4, -0.2) is 18.8 Å². The van der Waals surface area contributed by atoms with Crippen molar-refractivity contribution in [2.75, 3.05) is 12.9 Å². The van der Waals surface area contributed by atoms with Gasteiger partial charge < -0.3 is 10.1 Å². The highest BCUT2D eigenvalue weighted by Gasteiger charge is 2.09. The van der Waals surface area contributed by atoms with Crippen molar-refractivity contribution in [2.24, 2.45) is 0 Å². The predicted octanol–water partition coefficient (Wildman–Crippen LogP) is 6.06. The van der Waals surface area contributed by atoms with E-state index in [0.717, 1.165) is 22.2 Å². The zero-order valence-corrected chi connectivity index (χ0v) is 17.8. The van der Waals surface area contributed by atoms with E-state index in [2.05, 4.69) is 40.3 Å². The summed E-state index contributed by atoms with van der Waals surface area (Å²) in [5, 5.41) is 2.96. The number of carbonyl (C=O) groups is 1. The number of nitrogens with one attached hydrogen (secondary N) is 1. The van der Waals surface area contributed by atoms with E-state index in [1.165, 1.54) is 24.2 Å². The first-order valence-corrected chi connectivity index (χ1v) is 11.0. The molecule has 140 valence electrons. The standard InChI is InChI=1S/C21H26BrNO2S/c1-3-4-5-6-13-25-20-12-9-17(14-19(20)22)21(24)23-15-16-7-10-18(26-2)11-8-16/h7-12,14H,3-6,13,15H2,1-2H3,(H,23,24). The summed E-state index contributed by atoms with van der Waals surface area (Å²) in [7, 11) is 0. The largest absolute Gasteiger partial charge is 0.492 e. The van der Waals surface area contributed by atoms with Gasteiger partial charge in [0.15, 0.2) is 0 Å². The molecule has 0 spiro atoms. The molecule has 0 unspecified atom stereocenters. The minimum Gasteiger partial charge on any atom is -0.492 e. The molecule has 26 heavy (non-hydrogen) atoms. The second-order valence-corrected chi connectivity index (χ2v) is 7.82. The summed E-state index contributed by atoms with van der Waals surface area (Å²) in [5.74, 6) is 0.694. The maximum Gasteiger partial charge on any atom is 0.251 e. The number of carbonyl (C=O) groups excluding carboxylic acids is 1. The molecule has 1 N–H and O–H groups in total. The quantitative estimate of drug-likeness (QED) is 0.363.